The van der Waals surface area contributed by atoms with Crippen LogP contribution in [-0.2, 0) is 11.6 Å². The number of phenols is 1. The van der Waals surface area contributed by atoms with Crippen molar-refractivity contribution in [2.75, 3.05) is 0 Å². The summed E-state index contributed by atoms with van der Waals surface area (Å²) in [5.41, 5.74) is 3.42. The highest BCUT2D eigenvalue weighted by Gasteiger charge is 2.31. The summed E-state index contributed by atoms with van der Waals surface area (Å²) in [6, 6.07) is 15.0. The van der Waals surface area contributed by atoms with Crippen LogP contribution in [0.4, 0.5) is 13.2 Å². The number of para-hydroxylation sites is 1. The van der Waals surface area contributed by atoms with Crippen molar-refractivity contribution in [2.24, 2.45) is 5.41 Å². The quantitative estimate of drug-likeness (QED) is 0.293. The largest absolute Gasteiger partial charge is 0.507 e. The molecule has 1 aromatic heterocycles. The number of fused-ring (bicyclic) bond motifs is 1. The molecule has 0 spiro atoms. The van der Waals surface area contributed by atoms with Gasteiger partial charge < -0.3 is 5.11 Å². The Morgan fingerprint density at radius 3 is 2.08 bits per heavy atom. The Kier molecular flexibility index (Phi) is 6.63. The summed E-state index contributed by atoms with van der Waals surface area (Å²) in [6.07, 6.45) is -3.56. The van der Waals surface area contributed by atoms with Crippen LogP contribution >= 0.6 is 0 Å². The first-order chi connectivity index (χ1) is 17.1. The fourth-order valence-corrected chi connectivity index (χ4v) is 5.22. The summed E-state index contributed by atoms with van der Waals surface area (Å²) in [6.45, 7) is 15.0. The number of halogens is 3. The van der Waals surface area contributed by atoms with Crippen molar-refractivity contribution in [3.63, 3.8) is 0 Å². The van der Waals surface area contributed by atoms with Crippen molar-refractivity contribution in [3.05, 3.63) is 71.3 Å². The van der Waals surface area contributed by atoms with Crippen LogP contribution in [-0.4, -0.2) is 20.1 Å². The number of hydrogen-bond acceptors (Lipinski definition) is 3. The number of aromatic nitrogens is 3. The van der Waals surface area contributed by atoms with Crippen LogP contribution in [0.2, 0.25) is 0 Å². The Bertz CT molecular complexity index is 1440. The van der Waals surface area contributed by atoms with E-state index in [0.717, 1.165) is 29.7 Å². The zero-order valence-electron chi connectivity index (χ0n) is 22.4. The molecule has 0 aliphatic rings. The zero-order valence-corrected chi connectivity index (χ0v) is 22.4. The fourth-order valence-electron chi connectivity index (χ4n) is 5.22. The molecule has 0 atom stereocenters. The van der Waals surface area contributed by atoms with Crippen LogP contribution in [0.25, 0.3) is 27.8 Å². The molecule has 0 saturated heterocycles. The second-order valence-electron chi connectivity index (χ2n) is 11.9. The molecule has 0 saturated carbocycles. The first-order valence-corrected chi connectivity index (χ1v) is 12.5. The average Bonchev–Trinajstić information content (AvgIpc) is 3.20. The second kappa shape index (κ2) is 9.19. The van der Waals surface area contributed by atoms with E-state index in [1.54, 1.807) is 0 Å². The number of rotatable bonds is 5. The van der Waals surface area contributed by atoms with Gasteiger partial charge in [-0.15, -0.1) is 15.0 Å². The molecule has 4 nitrogen and oxygen atoms in total. The van der Waals surface area contributed by atoms with Crippen molar-refractivity contribution in [1.29, 1.82) is 0 Å². The van der Waals surface area contributed by atoms with Crippen molar-refractivity contribution < 1.29 is 18.3 Å². The molecule has 196 valence electrons. The summed E-state index contributed by atoms with van der Waals surface area (Å²) in [7, 11) is 0. The lowest BCUT2D eigenvalue weighted by Gasteiger charge is -2.33. The van der Waals surface area contributed by atoms with Gasteiger partial charge in [-0.1, -0.05) is 78.8 Å². The van der Waals surface area contributed by atoms with E-state index in [0.29, 0.717) is 22.3 Å². The normalized spacial score (nSPS) is 13.1. The highest BCUT2D eigenvalue weighted by atomic mass is 19.4. The molecule has 0 unspecified atom stereocenters. The molecule has 0 aliphatic carbocycles. The molecule has 0 radical (unpaired) electrons. The number of alkyl halides is 3. The maximum atomic E-state index is 13.3. The van der Waals surface area contributed by atoms with Gasteiger partial charge >= 0.3 is 6.18 Å². The van der Waals surface area contributed by atoms with E-state index >= 15 is 0 Å². The summed E-state index contributed by atoms with van der Waals surface area (Å²) in [5.74, 6) is 0.288. The minimum absolute atomic E-state index is 0.0822. The molecule has 1 N–H and O–H groups in total. The fraction of sp³-hybridized carbons (Fsp3) is 0.400. The van der Waals surface area contributed by atoms with Crippen LogP contribution < -0.4 is 0 Å². The van der Waals surface area contributed by atoms with Crippen molar-refractivity contribution in [1.82, 2.24) is 15.0 Å². The third-order valence-corrected chi connectivity index (χ3v) is 6.65. The maximum absolute atomic E-state index is 13.3. The van der Waals surface area contributed by atoms with E-state index in [9.17, 15) is 18.3 Å². The summed E-state index contributed by atoms with van der Waals surface area (Å²) >= 11 is 0. The molecule has 0 amide bonds. The van der Waals surface area contributed by atoms with Crippen molar-refractivity contribution >= 4 is 11.0 Å². The highest BCUT2D eigenvalue weighted by Crippen LogP contribution is 2.42. The van der Waals surface area contributed by atoms with Crippen LogP contribution in [0.1, 0.15) is 77.5 Å². The van der Waals surface area contributed by atoms with Gasteiger partial charge in [0.25, 0.3) is 0 Å². The van der Waals surface area contributed by atoms with Gasteiger partial charge in [0.05, 0.1) is 11.3 Å². The van der Waals surface area contributed by atoms with Gasteiger partial charge in [0.1, 0.15) is 16.8 Å². The maximum Gasteiger partial charge on any atom is 0.416 e. The van der Waals surface area contributed by atoms with E-state index in [4.69, 9.17) is 0 Å². The number of hydrogen-bond donors (Lipinski definition) is 1. The average molecular weight is 510 g/mol. The SMILES string of the molecule is CC(C)c1cccc(-c2ccc(C(C)(C)CC(C)(C)C)cc2-n2nc3ccc(C(F)(F)F)cc3n2)c1O. The first-order valence-electron chi connectivity index (χ1n) is 12.5. The molecule has 37 heavy (non-hydrogen) atoms. The second-order valence-corrected chi connectivity index (χ2v) is 11.9. The van der Waals surface area contributed by atoms with Crippen LogP contribution in [0.3, 0.4) is 0 Å². The zero-order chi connectivity index (χ0) is 27.3. The van der Waals surface area contributed by atoms with Gasteiger partial charge in [-0.25, -0.2) is 0 Å². The van der Waals surface area contributed by atoms with E-state index in [1.807, 2.05) is 44.2 Å². The number of benzene rings is 3. The molecule has 4 aromatic rings. The molecule has 0 fully saturated rings. The van der Waals surface area contributed by atoms with Gasteiger partial charge in [0, 0.05) is 11.1 Å². The summed E-state index contributed by atoms with van der Waals surface area (Å²) < 4.78 is 39.9. The third-order valence-electron chi connectivity index (χ3n) is 6.65. The van der Waals surface area contributed by atoms with Crippen molar-refractivity contribution in [3.8, 4) is 22.6 Å². The van der Waals surface area contributed by atoms with Crippen molar-refractivity contribution in [2.45, 2.75) is 72.4 Å². The molecule has 3 aromatic carbocycles. The van der Waals surface area contributed by atoms with E-state index in [-0.39, 0.29) is 28.0 Å². The Morgan fingerprint density at radius 2 is 1.46 bits per heavy atom. The lowest BCUT2D eigenvalue weighted by Crippen LogP contribution is -2.25. The van der Waals surface area contributed by atoms with Gasteiger partial charge in [0.15, 0.2) is 0 Å². The predicted molar refractivity (Wildman–Crippen MR) is 142 cm³/mol. The standard InChI is InChI=1S/C30H34F3N3O/c1-18(2)21-9-8-10-23(27(21)37)22-13-11-19(29(6,7)17-28(3,4)5)16-26(22)36-34-24-14-12-20(30(31,32)33)15-25(24)35-36/h8-16,18,37H,17H2,1-7H3. The van der Waals surface area contributed by atoms with Gasteiger partial charge in [-0.3, -0.25) is 0 Å². The monoisotopic (exact) mass is 509 g/mol. The van der Waals surface area contributed by atoms with Crippen LogP contribution in [0.5, 0.6) is 5.75 Å². The van der Waals surface area contributed by atoms with Gasteiger partial charge in [-0.2, -0.15) is 13.2 Å². The minimum Gasteiger partial charge on any atom is -0.507 e. The molecule has 4 rings (SSSR count). The minimum atomic E-state index is -4.47. The topological polar surface area (TPSA) is 50.9 Å². The molecular weight excluding hydrogens is 475 g/mol. The lowest BCUT2D eigenvalue weighted by molar-refractivity contribution is -0.137. The lowest BCUT2D eigenvalue weighted by atomic mass is 9.72. The molecule has 0 aliphatic heterocycles. The molecular formula is C30H34F3N3O. The highest BCUT2D eigenvalue weighted by molar-refractivity contribution is 5.80. The first kappa shape index (κ1) is 26.7. The van der Waals surface area contributed by atoms with E-state index < -0.39 is 11.7 Å². The Labute approximate surface area is 216 Å². The van der Waals surface area contributed by atoms with Gasteiger partial charge in [0.2, 0.25) is 0 Å². The smallest absolute Gasteiger partial charge is 0.416 e. The van der Waals surface area contributed by atoms with E-state index in [2.05, 4.69) is 50.9 Å². The summed E-state index contributed by atoms with van der Waals surface area (Å²) in [4.78, 5) is 1.39. The Morgan fingerprint density at radius 1 is 0.811 bits per heavy atom. The van der Waals surface area contributed by atoms with E-state index in [1.165, 1.54) is 10.9 Å². The third kappa shape index (κ3) is 5.50. The number of nitrogens with zero attached hydrogens (tertiary/aromatic N) is 3. The summed E-state index contributed by atoms with van der Waals surface area (Å²) in [5, 5.41) is 20.1. The molecule has 1 heterocycles. The Hall–Kier alpha value is -3.35. The molecule has 0 bridgehead atoms. The molecule has 7 heteroatoms. The Balaban J connectivity index is 1.96. The van der Waals surface area contributed by atoms with Gasteiger partial charge in [-0.05, 0) is 58.6 Å². The number of aromatic hydroxyl groups is 1. The van der Waals surface area contributed by atoms with Crippen LogP contribution in [0.15, 0.2) is 54.6 Å². The van der Waals surface area contributed by atoms with Crippen LogP contribution in [0, 0.1) is 5.41 Å². The number of phenolic OH excluding ortho intramolecular Hbond substituents is 1. The predicted octanol–water partition coefficient (Wildman–Crippen LogP) is 8.65.